The highest BCUT2D eigenvalue weighted by molar-refractivity contribution is 7.92. The predicted octanol–water partition coefficient (Wildman–Crippen LogP) is 6.19. The van der Waals surface area contributed by atoms with Gasteiger partial charge in [0.15, 0.2) is 0 Å². The number of nitrogens with one attached hydrogen (secondary N) is 1. The van der Waals surface area contributed by atoms with Crippen LogP contribution in [0.2, 0.25) is 10.0 Å². The molecule has 1 saturated carbocycles. The average molecular weight is 621 g/mol. The van der Waals surface area contributed by atoms with Crippen molar-refractivity contribution in [3.8, 4) is 0 Å². The number of carbonyl (C=O) groups is 2. The number of anilines is 1. The summed E-state index contributed by atoms with van der Waals surface area (Å²) >= 11 is 12.4. The second-order valence-electron chi connectivity index (χ2n) is 10.1. The minimum atomic E-state index is -4.24. The molecular weight excluding hydrogens is 588 g/mol. The standard InChI is InChI=1S/C30H32Cl2FN3O4S/c1-21(30(38)34-26-8-4-2-5-9-26)35(19-22-12-14-25(33)15-13-22)29(37)20-36(27-17-23(31)16-24(32)18-27)41(39,40)28-10-6-3-7-11-28/h3,6-7,10-18,21,26H,2,4-5,8-9,19-20H2,1H3,(H,34,38)/t21-/m0/s1. The summed E-state index contributed by atoms with van der Waals surface area (Å²) in [4.78, 5) is 28.6. The van der Waals surface area contributed by atoms with Gasteiger partial charge in [0.1, 0.15) is 18.4 Å². The zero-order chi connectivity index (χ0) is 29.6. The van der Waals surface area contributed by atoms with Crippen LogP contribution < -0.4 is 9.62 Å². The van der Waals surface area contributed by atoms with Crippen molar-refractivity contribution >= 4 is 50.7 Å². The largest absolute Gasteiger partial charge is 0.352 e. The van der Waals surface area contributed by atoms with E-state index in [1.807, 2.05) is 0 Å². The van der Waals surface area contributed by atoms with E-state index < -0.39 is 34.3 Å². The first-order chi connectivity index (χ1) is 19.5. The molecule has 1 atom stereocenters. The molecule has 3 aromatic rings. The van der Waals surface area contributed by atoms with Crippen LogP contribution in [0.15, 0.2) is 77.7 Å². The van der Waals surface area contributed by atoms with Gasteiger partial charge in [0, 0.05) is 22.6 Å². The first-order valence-electron chi connectivity index (χ1n) is 13.4. The van der Waals surface area contributed by atoms with Crippen LogP contribution in [-0.2, 0) is 26.2 Å². The van der Waals surface area contributed by atoms with Crippen LogP contribution in [0.3, 0.4) is 0 Å². The summed E-state index contributed by atoms with van der Waals surface area (Å²) in [7, 11) is -4.24. The minimum Gasteiger partial charge on any atom is -0.352 e. The van der Waals surface area contributed by atoms with Crippen LogP contribution in [0.4, 0.5) is 10.1 Å². The molecule has 1 aliphatic rings. The Bertz CT molecular complexity index is 1450. The molecule has 0 saturated heterocycles. The molecule has 7 nitrogen and oxygen atoms in total. The molecule has 0 unspecified atom stereocenters. The maximum atomic E-state index is 14.0. The highest BCUT2D eigenvalue weighted by atomic mass is 35.5. The molecule has 2 amide bonds. The lowest BCUT2D eigenvalue weighted by Gasteiger charge is -2.33. The molecule has 41 heavy (non-hydrogen) atoms. The Morgan fingerprint density at radius 2 is 1.56 bits per heavy atom. The lowest BCUT2D eigenvalue weighted by atomic mass is 9.95. The van der Waals surface area contributed by atoms with E-state index in [1.54, 1.807) is 25.1 Å². The van der Waals surface area contributed by atoms with Gasteiger partial charge < -0.3 is 10.2 Å². The Kier molecular flexibility index (Phi) is 10.3. The van der Waals surface area contributed by atoms with Crippen LogP contribution in [0.1, 0.15) is 44.6 Å². The second-order valence-corrected chi connectivity index (χ2v) is 12.9. The summed E-state index contributed by atoms with van der Waals surface area (Å²) in [5, 5.41) is 3.43. The molecule has 1 aliphatic carbocycles. The Morgan fingerprint density at radius 1 is 0.951 bits per heavy atom. The van der Waals surface area contributed by atoms with Crippen molar-refractivity contribution in [1.29, 1.82) is 0 Å². The molecule has 0 radical (unpaired) electrons. The molecule has 0 spiro atoms. The summed E-state index contributed by atoms with van der Waals surface area (Å²) in [5.74, 6) is -1.40. The molecule has 3 aromatic carbocycles. The maximum absolute atomic E-state index is 14.0. The van der Waals surface area contributed by atoms with Crippen molar-refractivity contribution in [3.63, 3.8) is 0 Å². The van der Waals surface area contributed by atoms with Gasteiger partial charge in [0.2, 0.25) is 11.8 Å². The van der Waals surface area contributed by atoms with Crippen molar-refractivity contribution < 1.29 is 22.4 Å². The van der Waals surface area contributed by atoms with E-state index in [9.17, 15) is 22.4 Å². The number of halogens is 3. The van der Waals surface area contributed by atoms with Gasteiger partial charge in [-0.25, -0.2) is 12.8 Å². The monoisotopic (exact) mass is 619 g/mol. The van der Waals surface area contributed by atoms with Gasteiger partial charge >= 0.3 is 0 Å². The number of nitrogens with zero attached hydrogens (tertiary/aromatic N) is 2. The van der Waals surface area contributed by atoms with E-state index >= 15 is 0 Å². The number of sulfonamides is 1. The number of carbonyl (C=O) groups excluding carboxylic acids is 2. The number of rotatable bonds is 10. The molecule has 0 bridgehead atoms. The van der Waals surface area contributed by atoms with Crippen LogP contribution in [0.25, 0.3) is 0 Å². The molecule has 1 fully saturated rings. The fourth-order valence-corrected chi connectivity index (χ4v) is 6.80. The quantitative estimate of drug-likeness (QED) is 0.293. The lowest BCUT2D eigenvalue weighted by Crippen LogP contribution is -2.53. The van der Waals surface area contributed by atoms with E-state index in [0.717, 1.165) is 36.4 Å². The zero-order valence-electron chi connectivity index (χ0n) is 22.6. The van der Waals surface area contributed by atoms with E-state index in [2.05, 4.69) is 5.32 Å². The smallest absolute Gasteiger partial charge is 0.264 e. The molecule has 0 heterocycles. The topological polar surface area (TPSA) is 86.8 Å². The highest BCUT2D eigenvalue weighted by Crippen LogP contribution is 2.30. The van der Waals surface area contributed by atoms with Gasteiger partial charge in [-0.3, -0.25) is 13.9 Å². The Balaban J connectivity index is 1.68. The Morgan fingerprint density at radius 3 is 2.17 bits per heavy atom. The highest BCUT2D eigenvalue weighted by Gasteiger charge is 2.33. The van der Waals surface area contributed by atoms with Crippen molar-refractivity contribution in [1.82, 2.24) is 10.2 Å². The third kappa shape index (κ3) is 7.99. The van der Waals surface area contributed by atoms with Gasteiger partial charge in [-0.05, 0) is 67.8 Å². The second kappa shape index (κ2) is 13.7. The fraction of sp³-hybridized carbons (Fsp3) is 0.333. The molecule has 0 aliphatic heterocycles. The summed E-state index contributed by atoms with van der Waals surface area (Å²) in [6, 6.07) is 16.6. The van der Waals surface area contributed by atoms with Crippen LogP contribution >= 0.6 is 23.2 Å². The molecular formula is C30H32Cl2FN3O4S. The lowest BCUT2D eigenvalue weighted by molar-refractivity contribution is -0.139. The Hall–Kier alpha value is -3.14. The summed E-state index contributed by atoms with van der Waals surface area (Å²) in [6.45, 7) is 0.940. The van der Waals surface area contributed by atoms with Crippen LogP contribution in [-0.4, -0.2) is 43.8 Å². The van der Waals surface area contributed by atoms with Crippen LogP contribution in [0.5, 0.6) is 0 Å². The molecule has 218 valence electrons. The number of hydrogen-bond acceptors (Lipinski definition) is 4. The van der Waals surface area contributed by atoms with Gasteiger partial charge in [0.05, 0.1) is 10.6 Å². The third-order valence-corrected chi connectivity index (χ3v) is 9.35. The molecule has 0 aromatic heterocycles. The van der Waals surface area contributed by atoms with Crippen molar-refractivity contribution in [3.05, 3.63) is 94.2 Å². The summed E-state index contributed by atoms with van der Waals surface area (Å²) in [5.41, 5.74) is 0.682. The fourth-order valence-electron chi connectivity index (χ4n) is 4.87. The number of hydrogen-bond donors (Lipinski definition) is 1. The van der Waals surface area contributed by atoms with E-state index in [4.69, 9.17) is 23.2 Å². The third-order valence-electron chi connectivity index (χ3n) is 7.13. The van der Waals surface area contributed by atoms with E-state index in [1.165, 1.54) is 59.5 Å². The van der Waals surface area contributed by atoms with Crippen molar-refractivity contribution in [2.24, 2.45) is 0 Å². The minimum absolute atomic E-state index is 0.0185. The average Bonchev–Trinajstić information content (AvgIpc) is 2.95. The van der Waals surface area contributed by atoms with Gasteiger partial charge in [-0.2, -0.15) is 0 Å². The predicted molar refractivity (Wildman–Crippen MR) is 159 cm³/mol. The van der Waals surface area contributed by atoms with Gasteiger partial charge in [-0.1, -0.05) is 72.8 Å². The molecule has 1 N–H and O–H groups in total. The van der Waals surface area contributed by atoms with Gasteiger partial charge in [0.25, 0.3) is 10.0 Å². The first-order valence-corrected chi connectivity index (χ1v) is 15.6. The van der Waals surface area contributed by atoms with Crippen molar-refractivity contribution in [2.45, 2.75) is 62.6 Å². The summed E-state index contributed by atoms with van der Waals surface area (Å²) < 4.78 is 42.2. The van der Waals surface area contributed by atoms with Gasteiger partial charge in [-0.15, -0.1) is 0 Å². The SMILES string of the molecule is C[C@@H](C(=O)NC1CCCCC1)N(Cc1ccc(F)cc1)C(=O)CN(c1cc(Cl)cc(Cl)c1)S(=O)(=O)c1ccccc1. The van der Waals surface area contributed by atoms with Crippen LogP contribution in [0, 0.1) is 5.82 Å². The zero-order valence-corrected chi connectivity index (χ0v) is 24.9. The van der Waals surface area contributed by atoms with Crippen molar-refractivity contribution in [2.75, 3.05) is 10.8 Å². The Labute approximate surface area is 250 Å². The molecule has 4 rings (SSSR count). The maximum Gasteiger partial charge on any atom is 0.264 e. The summed E-state index contributed by atoms with van der Waals surface area (Å²) in [6.07, 6.45) is 4.89. The normalized spacial score (nSPS) is 14.7. The first kappa shape index (κ1) is 30.8. The molecule has 11 heteroatoms. The van der Waals surface area contributed by atoms with E-state index in [-0.39, 0.29) is 39.1 Å². The number of benzene rings is 3. The number of amides is 2. The van der Waals surface area contributed by atoms with E-state index in [0.29, 0.717) is 5.56 Å².